The zero-order valence-corrected chi connectivity index (χ0v) is 16.3. The first-order valence-electron chi connectivity index (χ1n) is 8.87. The van der Waals surface area contributed by atoms with E-state index in [4.69, 9.17) is 0 Å². The Balaban J connectivity index is 1.48. The van der Waals surface area contributed by atoms with Gasteiger partial charge >= 0.3 is 0 Å². The quantitative estimate of drug-likeness (QED) is 0.560. The van der Waals surface area contributed by atoms with Crippen LogP contribution in [-0.2, 0) is 12.3 Å². The third-order valence-electron chi connectivity index (χ3n) is 4.75. The molecule has 25 heavy (non-hydrogen) atoms. The van der Waals surface area contributed by atoms with Crippen molar-refractivity contribution >= 4 is 11.8 Å². The van der Waals surface area contributed by atoms with Gasteiger partial charge in [0.05, 0.1) is 0 Å². The van der Waals surface area contributed by atoms with Gasteiger partial charge in [-0.3, -0.25) is 0 Å². The van der Waals surface area contributed by atoms with Crippen molar-refractivity contribution in [2.45, 2.75) is 30.8 Å². The predicted molar refractivity (Wildman–Crippen MR) is 105 cm³/mol. The standard InChI is InChI=1S/C20H28N4S/c1-20(9-10-23(2)15-20)16-24(3)13-18-11-21-19(22-12-18)25-14-17-7-5-4-6-8-17/h4-8,11-12H,9-10,13-16H2,1-3H3/t20-/m1/s1. The Morgan fingerprint density at radius 1 is 1.16 bits per heavy atom. The smallest absolute Gasteiger partial charge is 0.187 e. The fourth-order valence-corrected chi connectivity index (χ4v) is 4.38. The molecule has 2 heterocycles. The van der Waals surface area contributed by atoms with Crippen molar-refractivity contribution in [2.24, 2.45) is 5.41 Å². The summed E-state index contributed by atoms with van der Waals surface area (Å²) in [6, 6.07) is 10.4. The van der Waals surface area contributed by atoms with Crippen LogP contribution in [0, 0.1) is 5.41 Å². The Hall–Kier alpha value is -1.43. The van der Waals surface area contributed by atoms with Crippen molar-refractivity contribution in [3.8, 4) is 0 Å². The van der Waals surface area contributed by atoms with E-state index in [1.807, 2.05) is 18.5 Å². The van der Waals surface area contributed by atoms with Crippen LogP contribution in [0.25, 0.3) is 0 Å². The van der Waals surface area contributed by atoms with Crippen molar-refractivity contribution in [2.75, 3.05) is 33.7 Å². The molecule has 0 bridgehead atoms. The lowest BCUT2D eigenvalue weighted by molar-refractivity contribution is 0.190. The summed E-state index contributed by atoms with van der Waals surface area (Å²) in [7, 11) is 4.41. The molecule has 0 aliphatic carbocycles. The van der Waals surface area contributed by atoms with Gasteiger partial charge in [0.25, 0.3) is 0 Å². The fourth-order valence-electron chi connectivity index (χ4n) is 3.64. The van der Waals surface area contributed by atoms with Crippen molar-refractivity contribution in [3.63, 3.8) is 0 Å². The van der Waals surface area contributed by atoms with Crippen LogP contribution in [0.5, 0.6) is 0 Å². The summed E-state index contributed by atoms with van der Waals surface area (Å²) in [5, 5.41) is 0.847. The maximum atomic E-state index is 4.52. The van der Waals surface area contributed by atoms with Crippen LogP contribution in [0.4, 0.5) is 0 Å². The number of rotatable bonds is 7. The van der Waals surface area contributed by atoms with Gasteiger partial charge in [0.2, 0.25) is 0 Å². The maximum absolute atomic E-state index is 4.52. The van der Waals surface area contributed by atoms with E-state index in [9.17, 15) is 0 Å². The van der Waals surface area contributed by atoms with E-state index in [2.05, 4.69) is 65.1 Å². The van der Waals surface area contributed by atoms with Gasteiger partial charge in [0.1, 0.15) is 0 Å². The van der Waals surface area contributed by atoms with Gasteiger partial charge < -0.3 is 9.80 Å². The number of hydrogen-bond acceptors (Lipinski definition) is 5. The molecule has 1 fully saturated rings. The molecule has 0 unspecified atom stereocenters. The van der Waals surface area contributed by atoms with Crippen molar-refractivity contribution in [3.05, 3.63) is 53.9 Å². The second kappa shape index (κ2) is 8.30. The van der Waals surface area contributed by atoms with Gasteiger partial charge in [-0.05, 0) is 38.0 Å². The van der Waals surface area contributed by atoms with Crippen LogP contribution >= 0.6 is 11.8 Å². The third-order valence-corrected chi connectivity index (χ3v) is 5.69. The van der Waals surface area contributed by atoms with Gasteiger partial charge in [0, 0.05) is 43.3 Å². The van der Waals surface area contributed by atoms with Crippen LogP contribution in [0.1, 0.15) is 24.5 Å². The molecule has 4 nitrogen and oxygen atoms in total. The predicted octanol–water partition coefficient (Wildman–Crippen LogP) is 3.54. The Kier molecular flexibility index (Phi) is 6.10. The summed E-state index contributed by atoms with van der Waals surface area (Å²) < 4.78 is 0. The lowest BCUT2D eigenvalue weighted by Gasteiger charge is -2.29. The average Bonchev–Trinajstić information content (AvgIpc) is 2.93. The molecule has 0 spiro atoms. The van der Waals surface area contributed by atoms with Gasteiger partial charge in [-0.1, -0.05) is 49.0 Å². The first kappa shape index (κ1) is 18.4. The summed E-state index contributed by atoms with van der Waals surface area (Å²) in [6.07, 6.45) is 5.22. The number of benzene rings is 1. The topological polar surface area (TPSA) is 32.3 Å². The molecule has 1 atom stereocenters. The molecule has 3 rings (SSSR count). The van der Waals surface area contributed by atoms with Crippen LogP contribution in [0.3, 0.4) is 0 Å². The lowest BCUT2D eigenvalue weighted by Crippen LogP contribution is -2.35. The Bertz CT molecular complexity index is 661. The molecule has 1 aromatic carbocycles. The fraction of sp³-hybridized carbons (Fsp3) is 0.500. The third kappa shape index (κ3) is 5.53. The van der Waals surface area contributed by atoms with Gasteiger partial charge in [-0.25, -0.2) is 9.97 Å². The van der Waals surface area contributed by atoms with E-state index in [0.717, 1.165) is 24.0 Å². The SMILES string of the molecule is CN1CC[C@@](C)(CN(C)Cc2cnc(SCc3ccccc3)nc2)C1. The number of likely N-dealkylation sites (tertiary alicyclic amines) is 1. The normalized spacial score (nSPS) is 21.1. The van der Waals surface area contributed by atoms with Crippen LogP contribution in [0.15, 0.2) is 47.9 Å². The van der Waals surface area contributed by atoms with E-state index in [1.54, 1.807) is 11.8 Å². The average molecular weight is 357 g/mol. The molecule has 1 aliphatic heterocycles. The molecule has 0 saturated carbocycles. The molecular formula is C20H28N4S. The van der Waals surface area contributed by atoms with Crippen LogP contribution in [0.2, 0.25) is 0 Å². The van der Waals surface area contributed by atoms with E-state index in [1.165, 1.54) is 30.6 Å². The number of nitrogens with zero attached hydrogens (tertiary/aromatic N) is 4. The van der Waals surface area contributed by atoms with E-state index >= 15 is 0 Å². The van der Waals surface area contributed by atoms with E-state index in [-0.39, 0.29) is 0 Å². The second-order valence-electron chi connectivity index (χ2n) is 7.62. The highest BCUT2D eigenvalue weighted by Gasteiger charge is 2.32. The zero-order chi connectivity index (χ0) is 17.7. The second-order valence-corrected chi connectivity index (χ2v) is 8.56. The highest BCUT2D eigenvalue weighted by atomic mass is 32.2. The minimum absolute atomic E-state index is 0.399. The molecule has 1 aromatic heterocycles. The number of hydrogen-bond donors (Lipinski definition) is 0. The Morgan fingerprint density at radius 3 is 2.52 bits per heavy atom. The molecule has 1 saturated heterocycles. The lowest BCUT2D eigenvalue weighted by atomic mass is 9.89. The highest BCUT2D eigenvalue weighted by molar-refractivity contribution is 7.98. The zero-order valence-electron chi connectivity index (χ0n) is 15.5. The minimum Gasteiger partial charge on any atom is -0.306 e. The van der Waals surface area contributed by atoms with Gasteiger partial charge in [0.15, 0.2) is 5.16 Å². The molecule has 134 valence electrons. The molecule has 0 amide bonds. The Labute approximate surface area is 155 Å². The molecule has 5 heteroatoms. The molecular weight excluding hydrogens is 328 g/mol. The highest BCUT2D eigenvalue weighted by Crippen LogP contribution is 2.30. The van der Waals surface area contributed by atoms with E-state index < -0.39 is 0 Å². The van der Waals surface area contributed by atoms with Crippen molar-refractivity contribution < 1.29 is 0 Å². The molecule has 1 aliphatic rings. The van der Waals surface area contributed by atoms with Crippen LogP contribution in [-0.4, -0.2) is 53.5 Å². The number of aromatic nitrogens is 2. The van der Waals surface area contributed by atoms with Gasteiger partial charge in [-0.15, -0.1) is 0 Å². The monoisotopic (exact) mass is 356 g/mol. The van der Waals surface area contributed by atoms with Crippen molar-refractivity contribution in [1.82, 2.24) is 19.8 Å². The molecule has 0 N–H and O–H groups in total. The number of thioether (sulfide) groups is 1. The summed E-state index contributed by atoms with van der Waals surface area (Å²) in [6.45, 7) is 6.81. The first-order valence-corrected chi connectivity index (χ1v) is 9.86. The maximum Gasteiger partial charge on any atom is 0.187 e. The minimum atomic E-state index is 0.399. The largest absolute Gasteiger partial charge is 0.306 e. The first-order chi connectivity index (χ1) is 12.0. The molecule has 0 radical (unpaired) electrons. The summed E-state index contributed by atoms with van der Waals surface area (Å²) >= 11 is 1.69. The summed E-state index contributed by atoms with van der Waals surface area (Å²) in [5.74, 6) is 0.909. The summed E-state index contributed by atoms with van der Waals surface area (Å²) in [5.41, 5.74) is 2.88. The van der Waals surface area contributed by atoms with Gasteiger partial charge in [-0.2, -0.15) is 0 Å². The van der Waals surface area contributed by atoms with Crippen LogP contribution < -0.4 is 0 Å². The van der Waals surface area contributed by atoms with Crippen molar-refractivity contribution in [1.29, 1.82) is 0 Å². The van der Waals surface area contributed by atoms with E-state index in [0.29, 0.717) is 5.41 Å². The Morgan fingerprint density at radius 2 is 1.88 bits per heavy atom. The molecule has 2 aromatic rings. The summed E-state index contributed by atoms with van der Waals surface area (Å²) in [4.78, 5) is 13.9.